The quantitative estimate of drug-likeness (QED) is 0.926. The van der Waals surface area contributed by atoms with Crippen LogP contribution >= 0.6 is 11.6 Å². The van der Waals surface area contributed by atoms with Crippen LogP contribution in [0.5, 0.6) is 0 Å². The smallest absolute Gasteiger partial charge is 0.345 e. The SMILES string of the molecule is O=C(Cn1ccc2c(Cl)cccc21)NCC(F)(F)F. The number of amides is 1. The van der Waals surface area contributed by atoms with Crippen LogP contribution in [0, 0.1) is 0 Å². The number of carbonyl (C=O) groups is 1. The highest BCUT2D eigenvalue weighted by atomic mass is 35.5. The molecule has 0 saturated carbocycles. The van der Waals surface area contributed by atoms with E-state index in [1.54, 1.807) is 35.0 Å². The summed E-state index contributed by atoms with van der Waals surface area (Å²) < 4.78 is 37.4. The van der Waals surface area contributed by atoms with E-state index in [-0.39, 0.29) is 6.54 Å². The highest BCUT2D eigenvalue weighted by Gasteiger charge is 2.27. The Morgan fingerprint density at radius 3 is 2.74 bits per heavy atom. The van der Waals surface area contributed by atoms with Crippen molar-refractivity contribution in [2.45, 2.75) is 12.7 Å². The van der Waals surface area contributed by atoms with Crippen LogP contribution in [-0.4, -0.2) is 23.2 Å². The molecular formula is C12H10ClF3N2O. The summed E-state index contributed by atoms with van der Waals surface area (Å²) in [7, 11) is 0. The van der Waals surface area contributed by atoms with E-state index in [1.165, 1.54) is 0 Å². The number of hydrogen-bond donors (Lipinski definition) is 1. The van der Waals surface area contributed by atoms with Crippen molar-refractivity contribution in [2.75, 3.05) is 6.54 Å². The Kier molecular flexibility index (Phi) is 3.71. The molecule has 2 aromatic rings. The Labute approximate surface area is 112 Å². The third kappa shape index (κ3) is 3.41. The number of aromatic nitrogens is 1. The van der Waals surface area contributed by atoms with E-state index in [4.69, 9.17) is 11.6 Å². The number of fused-ring (bicyclic) bond motifs is 1. The Bertz CT molecular complexity index is 607. The first kappa shape index (κ1) is 13.7. The zero-order valence-electron chi connectivity index (χ0n) is 9.67. The molecule has 0 saturated heterocycles. The molecule has 1 amide bonds. The Balaban J connectivity index is 2.10. The van der Waals surface area contributed by atoms with Gasteiger partial charge in [-0.05, 0) is 18.2 Å². The molecule has 0 radical (unpaired) electrons. The third-order valence-electron chi connectivity index (χ3n) is 2.56. The van der Waals surface area contributed by atoms with Crippen molar-refractivity contribution in [1.82, 2.24) is 9.88 Å². The lowest BCUT2D eigenvalue weighted by Crippen LogP contribution is -2.35. The van der Waals surface area contributed by atoms with Crippen LogP contribution < -0.4 is 5.32 Å². The molecule has 0 fully saturated rings. The summed E-state index contributed by atoms with van der Waals surface area (Å²) in [5, 5.41) is 3.11. The minimum absolute atomic E-state index is 0.181. The fourth-order valence-electron chi connectivity index (χ4n) is 1.73. The van der Waals surface area contributed by atoms with Crippen LogP contribution in [0.1, 0.15) is 0 Å². The largest absolute Gasteiger partial charge is 0.405 e. The van der Waals surface area contributed by atoms with Crippen molar-refractivity contribution in [3.05, 3.63) is 35.5 Å². The van der Waals surface area contributed by atoms with Gasteiger partial charge in [0.25, 0.3) is 0 Å². The van der Waals surface area contributed by atoms with Crippen LogP contribution in [0.15, 0.2) is 30.5 Å². The van der Waals surface area contributed by atoms with Gasteiger partial charge < -0.3 is 9.88 Å². The van der Waals surface area contributed by atoms with Crippen molar-refractivity contribution in [3.8, 4) is 0 Å². The summed E-state index contributed by atoms with van der Waals surface area (Å²) in [5.74, 6) is -0.699. The Hall–Kier alpha value is -1.69. The van der Waals surface area contributed by atoms with Crippen molar-refractivity contribution < 1.29 is 18.0 Å². The normalized spacial score (nSPS) is 11.8. The maximum Gasteiger partial charge on any atom is 0.405 e. The van der Waals surface area contributed by atoms with Crippen molar-refractivity contribution >= 4 is 28.4 Å². The van der Waals surface area contributed by atoms with Gasteiger partial charge in [0.15, 0.2) is 0 Å². The molecule has 1 N–H and O–H groups in total. The summed E-state index contributed by atoms with van der Waals surface area (Å²) in [4.78, 5) is 11.4. The second kappa shape index (κ2) is 5.13. The van der Waals surface area contributed by atoms with Gasteiger partial charge in [-0.3, -0.25) is 4.79 Å². The van der Waals surface area contributed by atoms with Crippen LogP contribution in [-0.2, 0) is 11.3 Å². The molecule has 0 unspecified atom stereocenters. The Morgan fingerprint density at radius 1 is 1.32 bits per heavy atom. The number of nitrogens with one attached hydrogen (secondary N) is 1. The molecule has 0 bridgehead atoms. The fourth-order valence-corrected chi connectivity index (χ4v) is 1.97. The number of carbonyl (C=O) groups excluding carboxylic acids is 1. The van der Waals surface area contributed by atoms with Gasteiger partial charge in [-0.15, -0.1) is 0 Å². The summed E-state index contributed by atoms with van der Waals surface area (Å²) in [6.45, 7) is -1.51. The number of halogens is 4. The van der Waals surface area contributed by atoms with Crippen molar-refractivity contribution in [2.24, 2.45) is 0 Å². The molecule has 1 aromatic carbocycles. The first-order valence-corrected chi connectivity index (χ1v) is 5.81. The molecule has 1 heterocycles. The Morgan fingerprint density at radius 2 is 2.05 bits per heavy atom. The summed E-state index contributed by atoms with van der Waals surface area (Å²) in [5.41, 5.74) is 0.703. The van der Waals surface area contributed by atoms with Gasteiger partial charge in [0.1, 0.15) is 13.1 Å². The number of rotatable bonds is 3. The lowest BCUT2D eigenvalue weighted by Gasteiger charge is -2.09. The van der Waals surface area contributed by atoms with Gasteiger partial charge in [-0.25, -0.2) is 0 Å². The average Bonchev–Trinajstić information content (AvgIpc) is 2.71. The second-order valence-corrected chi connectivity index (χ2v) is 4.42. The standard InChI is InChI=1S/C12H10ClF3N2O/c13-9-2-1-3-10-8(9)4-5-18(10)6-11(19)17-7-12(14,15)16/h1-5H,6-7H2,(H,17,19). The monoisotopic (exact) mass is 290 g/mol. The van der Waals surface area contributed by atoms with Crippen LogP contribution in [0.25, 0.3) is 10.9 Å². The molecule has 2 rings (SSSR count). The predicted octanol–water partition coefficient (Wildman–Crippen LogP) is 2.97. The molecule has 0 aliphatic heterocycles. The first-order chi connectivity index (χ1) is 8.87. The minimum Gasteiger partial charge on any atom is -0.345 e. The molecule has 0 spiro atoms. The zero-order chi connectivity index (χ0) is 14.0. The van der Waals surface area contributed by atoms with Gasteiger partial charge in [-0.2, -0.15) is 13.2 Å². The van der Waals surface area contributed by atoms with E-state index in [1.807, 2.05) is 5.32 Å². The number of nitrogens with zero attached hydrogens (tertiary/aromatic N) is 1. The van der Waals surface area contributed by atoms with E-state index in [0.29, 0.717) is 10.5 Å². The molecule has 0 aliphatic rings. The number of hydrogen-bond acceptors (Lipinski definition) is 1. The third-order valence-corrected chi connectivity index (χ3v) is 2.89. The fraction of sp³-hybridized carbons (Fsp3) is 0.250. The lowest BCUT2D eigenvalue weighted by molar-refractivity contribution is -0.138. The van der Waals surface area contributed by atoms with E-state index in [0.717, 1.165) is 5.39 Å². The molecule has 102 valence electrons. The molecule has 0 aliphatic carbocycles. The molecule has 0 atom stereocenters. The maximum atomic E-state index is 12.0. The molecule has 1 aromatic heterocycles. The van der Waals surface area contributed by atoms with Crippen LogP contribution in [0.2, 0.25) is 5.02 Å². The molecule has 19 heavy (non-hydrogen) atoms. The summed E-state index contributed by atoms with van der Waals surface area (Å²) in [6.07, 6.45) is -2.79. The van der Waals surface area contributed by atoms with E-state index in [2.05, 4.69) is 0 Å². The van der Waals surface area contributed by atoms with Crippen molar-refractivity contribution in [3.63, 3.8) is 0 Å². The topological polar surface area (TPSA) is 34.0 Å². The van der Waals surface area contributed by atoms with Crippen LogP contribution in [0.3, 0.4) is 0 Å². The van der Waals surface area contributed by atoms with Crippen LogP contribution in [0.4, 0.5) is 13.2 Å². The average molecular weight is 291 g/mol. The maximum absolute atomic E-state index is 12.0. The first-order valence-electron chi connectivity index (χ1n) is 5.43. The number of alkyl halides is 3. The minimum atomic E-state index is -4.41. The van der Waals surface area contributed by atoms with Gasteiger partial charge in [-0.1, -0.05) is 17.7 Å². The van der Waals surface area contributed by atoms with Gasteiger partial charge >= 0.3 is 6.18 Å². The lowest BCUT2D eigenvalue weighted by atomic mass is 10.2. The van der Waals surface area contributed by atoms with E-state index < -0.39 is 18.6 Å². The van der Waals surface area contributed by atoms with Gasteiger partial charge in [0.2, 0.25) is 5.91 Å². The highest BCUT2D eigenvalue weighted by molar-refractivity contribution is 6.35. The van der Waals surface area contributed by atoms with Gasteiger partial charge in [0.05, 0.1) is 0 Å². The predicted molar refractivity (Wildman–Crippen MR) is 66.0 cm³/mol. The van der Waals surface area contributed by atoms with Crippen molar-refractivity contribution in [1.29, 1.82) is 0 Å². The molecular weight excluding hydrogens is 281 g/mol. The summed E-state index contributed by atoms with van der Waals surface area (Å²) in [6, 6.07) is 6.89. The zero-order valence-corrected chi connectivity index (χ0v) is 10.4. The highest BCUT2D eigenvalue weighted by Crippen LogP contribution is 2.24. The summed E-state index contributed by atoms with van der Waals surface area (Å²) >= 11 is 5.97. The second-order valence-electron chi connectivity index (χ2n) is 4.01. The van der Waals surface area contributed by atoms with E-state index in [9.17, 15) is 18.0 Å². The molecule has 7 heteroatoms. The van der Waals surface area contributed by atoms with E-state index >= 15 is 0 Å². The van der Waals surface area contributed by atoms with Gasteiger partial charge in [0, 0.05) is 22.1 Å². The molecule has 3 nitrogen and oxygen atoms in total. The number of benzene rings is 1.